The fourth-order valence-corrected chi connectivity index (χ4v) is 2.87. The lowest BCUT2D eigenvalue weighted by atomic mass is 9.93. The van der Waals surface area contributed by atoms with Gasteiger partial charge in [0.1, 0.15) is 18.1 Å². The topological polar surface area (TPSA) is 67.9 Å². The van der Waals surface area contributed by atoms with Gasteiger partial charge in [-0.05, 0) is 50.2 Å². The molecule has 0 bridgehead atoms. The Kier molecular flexibility index (Phi) is 5.28. The number of carbonyl (C=O) groups excluding carboxylic acids is 2. The van der Waals surface area contributed by atoms with E-state index in [4.69, 9.17) is 21.1 Å². The molecule has 0 radical (unpaired) electrons. The number of benzene rings is 2. The molecule has 2 aromatic carbocycles. The van der Waals surface area contributed by atoms with Crippen LogP contribution >= 0.6 is 11.6 Å². The summed E-state index contributed by atoms with van der Waals surface area (Å²) in [4.78, 5) is 26.2. The molecule has 7 heteroatoms. The lowest BCUT2D eigenvalue weighted by Crippen LogP contribution is -2.39. The third kappa shape index (κ3) is 4.34. The van der Waals surface area contributed by atoms with Crippen molar-refractivity contribution in [2.45, 2.75) is 13.8 Å². The Morgan fingerprint density at radius 2 is 1.96 bits per heavy atom. The van der Waals surface area contributed by atoms with Crippen molar-refractivity contribution < 1.29 is 19.1 Å². The van der Waals surface area contributed by atoms with E-state index in [9.17, 15) is 9.59 Å². The second-order valence-corrected chi connectivity index (χ2v) is 7.45. The van der Waals surface area contributed by atoms with Crippen LogP contribution in [0.4, 0.5) is 11.4 Å². The largest absolute Gasteiger partial charge is 0.490 e. The SMILES string of the molecule is CN1C(=O)C(C)(C)COc2cc(NC(=O)COc3ccc(Cl)cc3)ccc21. The number of hydrogen-bond donors (Lipinski definition) is 1. The van der Waals surface area contributed by atoms with Crippen LogP contribution in [0.2, 0.25) is 5.02 Å². The number of nitrogens with zero attached hydrogens (tertiary/aromatic N) is 1. The van der Waals surface area contributed by atoms with Crippen molar-refractivity contribution in [3.05, 3.63) is 47.5 Å². The highest BCUT2D eigenvalue weighted by Crippen LogP contribution is 2.37. The fraction of sp³-hybridized carbons (Fsp3) is 0.300. The molecule has 0 aliphatic carbocycles. The number of rotatable bonds is 4. The Balaban J connectivity index is 1.67. The molecule has 0 saturated heterocycles. The molecular weight excluding hydrogens is 368 g/mol. The van der Waals surface area contributed by atoms with Crippen LogP contribution in [-0.2, 0) is 9.59 Å². The van der Waals surface area contributed by atoms with E-state index in [0.29, 0.717) is 27.9 Å². The summed E-state index contributed by atoms with van der Waals surface area (Å²) < 4.78 is 11.2. The monoisotopic (exact) mass is 388 g/mol. The molecule has 1 heterocycles. The van der Waals surface area contributed by atoms with E-state index in [1.807, 2.05) is 13.8 Å². The molecule has 2 amide bonds. The van der Waals surface area contributed by atoms with E-state index in [2.05, 4.69) is 5.32 Å². The molecular formula is C20H21ClN2O4. The molecule has 142 valence electrons. The first-order valence-corrected chi connectivity index (χ1v) is 8.87. The minimum Gasteiger partial charge on any atom is -0.490 e. The third-order valence-electron chi connectivity index (χ3n) is 4.26. The highest BCUT2D eigenvalue weighted by Gasteiger charge is 2.36. The molecule has 0 fully saturated rings. The maximum atomic E-state index is 12.5. The van der Waals surface area contributed by atoms with Gasteiger partial charge in [0, 0.05) is 23.8 Å². The van der Waals surface area contributed by atoms with Gasteiger partial charge in [-0.1, -0.05) is 11.6 Å². The van der Waals surface area contributed by atoms with Gasteiger partial charge in [0.25, 0.3) is 5.91 Å². The zero-order valence-corrected chi connectivity index (χ0v) is 16.2. The Morgan fingerprint density at radius 1 is 1.26 bits per heavy atom. The van der Waals surface area contributed by atoms with Crippen molar-refractivity contribution >= 4 is 34.8 Å². The highest BCUT2D eigenvalue weighted by molar-refractivity contribution is 6.30. The molecule has 1 aliphatic rings. The number of carbonyl (C=O) groups is 2. The van der Waals surface area contributed by atoms with Crippen LogP contribution < -0.4 is 19.7 Å². The number of ether oxygens (including phenoxy) is 2. The van der Waals surface area contributed by atoms with Crippen molar-refractivity contribution in [3.63, 3.8) is 0 Å². The molecule has 2 aromatic rings. The first-order valence-electron chi connectivity index (χ1n) is 8.49. The Hall–Kier alpha value is -2.73. The van der Waals surface area contributed by atoms with Crippen molar-refractivity contribution in [1.29, 1.82) is 0 Å². The maximum Gasteiger partial charge on any atom is 0.262 e. The molecule has 0 unspecified atom stereocenters. The number of nitrogens with one attached hydrogen (secondary N) is 1. The second kappa shape index (κ2) is 7.48. The lowest BCUT2D eigenvalue weighted by Gasteiger charge is -2.24. The van der Waals surface area contributed by atoms with E-state index in [1.165, 1.54) is 0 Å². The van der Waals surface area contributed by atoms with Gasteiger partial charge in [0.15, 0.2) is 6.61 Å². The normalized spacial score (nSPS) is 15.4. The summed E-state index contributed by atoms with van der Waals surface area (Å²) in [7, 11) is 1.72. The van der Waals surface area contributed by atoms with Gasteiger partial charge in [-0.3, -0.25) is 9.59 Å². The number of hydrogen-bond acceptors (Lipinski definition) is 4. The van der Waals surface area contributed by atoms with Gasteiger partial charge in [-0.25, -0.2) is 0 Å². The molecule has 0 saturated carbocycles. The van der Waals surface area contributed by atoms with Crippen molar-refractivity contribution in [2.75, 3.05) is 30.5 Å². The van der Waals surface area contributed by atoms with E-state index in [1.54, 1.807) is 54.4 Å². The zero-order valence-electron chi connectivity index (χ0n) is 15.4. The molecule has 0 atom stereocenters. The minimum absolute atomic E-state index is 0.0191. The van der Waals surface area contributed by atoms with Crippen LogP contribution in [0.5, 0.6) is 11.5 Å². The summed E-state index contributed by atoms with van der Waals surface area (Å²) >= 11 is 5.82. The number of anilines is 2. The first kappa shape index (κ1) is 19.0. The smallest absolute Gasteiger partial charge is 0.262 e. The predicted molar refractivity (Wildman–Crippen MR) is 105 cm³/mol. The van der Waals surface area contributed by atoms with E-state index < -0.39 is 5.41 Å². The van der Waals surface area contributed by atoms with Crippen LogP contribution in [0, 0.1) is 5.41 Å². The van der Waals surface area contributed by atoms with Crippen LogP contribution in [-0.4, -0.2) is 32.1 Å². The third-order valence-corrected chi connectivity index (χ3v) is 4.51. The van der Waals surface area contributed by atoms with Crippen molar-refractivity contribution in [3.8, 4) is 11.5 Å². The average molecular weight is 389 g/mol. The maximum absolute atomic E-state index is 12.5. The molecule has 6 nitrogen and oxygen atoms in total. The van der Waals surface area contributed by atoms with E-state index >= 15 is 0 Å². The van der Waals surface area contributed by atoms with Crippen molar-refractivity contribution in [2.24, 2.45) is 5.41 Å². The van der Waals surface area contributed by atoms with Crippen LogP contribution in [0.3, 0.4) is 0 Å². The Labute approximate surface area is 163 Å². The quantitative estimate of drug-likeness (QED) is 0.866. The summed E-state index contributed by atoms with van der Waals surface area (Å²) in [6.45, 7) is 3.81. The van der Waals surface area contributed by atoms with Crippen LogP contribution in [0.25, 0.3) is 0 Å². The molecule has 1 N–H and O–H groups in total. The molecule has 0 aromatic heterocycles. The Bertz CT molecular complexity index is 865. The summed E-state index contributed by atoms with van der Waals surface area (Å²) in [5, 5.41) is 3.37. The lowest BCUT2D eigenvalue weighted by molar-refractivity contribution is -0.127. The summed E-state index contributed by atoms with van der Waals surface area (Å²) in [5.74, 6) is 0.785. The molecule has 0 spiro atoms. The predicted octanol–water partition coefficient (Wildman–Crippen LogP) is 3.74. The minimum atomic E-state index is -0.621. The van der Waals surface area contributed by atoms with Crippen molar-refractivity contribution in [1.82, 2.24) is 0 Å². The van der Waals surface area contributed by atoms with Gasteiger partial charge < -0.3 is 19.7 Å². The zero-order chi connectivity index (χ0) is 19.6. The number of fused-ring (bicyclic) bond motifs is 1. The van der Waals surface area contributed by atoms with E-state index in [-0.39, 0.29) is 25.0 Å². The van der Waals surface area contributed by atoms with Crippen LogP contribution in [0.1, 0.15) is 13.8 Å². The second-order valence-electron chi connectivity index (χ2n) is 7.01. The first-order chi connectivity index (χ1) is 12.8. The van der Waals surface area contributed by atoms with Gasteiger partial charge in [0.05, 0.1) is 11.1 Å². The average Bonchev–Trinajstić information content (AvgIpc) is 2.72. The fourth-order valence-electron chi connectivity index (χ4n) is 2.74. The number of halogens is 1. The summed E-state index contributed by atoms with van der Waals surface area (Å²) in [5.41, 5.74) is 0.615. The van der Waals surface area contributed by atoms with E-state index in [0.717, 1.165) is 0 Å². The van der Waals surface area contributed by atoms with Gasteiger partial charge in [0.2, 0.25) is 5.91 Å². The summed E-state index contributed by atoms with van der Waals surface area (Å²) in [6.07, 6.45) is 0. The molecule has 3 rings (SSSR count). The van der Waals surface area contributed by atoms with Crippen LogP contribution in [0.15, 0.2) is 42.5 Å². The van der Waals surface area contributed by atoms with Gasteiger partial charge in [-0.2, -0.15) is 0 Å². The molecule has 1 aliphatic heterocycles. The summed E-state index contributed by atoms with van der Waals surface area (Å²) in [6, 6.07) is 12.0. The Morgan fingerprint density at radius 3 is 2.67 bits per heavy atom. The number of amides is 2. The van der Waals surface area contributed by atoms with Gasteiger partial charge >= 0.3 is 0 Å². The molecule has 27 heavy (non-hydrogen) atoms. The standard InChI is InChI=1S/C20H21ClN2O4/c1-20(2)12-27-17-10-14(6-9-16(17)23(3)19(20)25)22-18(24)11-26-15-7-4-13(21)5-8-15/h4-10H,11-12H2,1-3H3,(H,22,24). The highest BCUT2D eigenvalue weighted by atomic mass is 35.5. The van der Waals surface area contributed by atoms with Gasteiger partial charge in [-0.15, -0.1) is 0 Å².